The highest BCUT2D eigenvalue weighted by molar-refractivity contribution is 7.13. The molecular weight excluding hydrogens is 306 g/mol. The van der Waals surface area contributed by atoms with Crippen LogP contribution >= 0.6 is 22.7 Å². The fourth-order valence-electron chi connectivity index (χ4n) is 1.64. The van der Waals surface area contributed by atoms with Crippen LogP contribution in [0.15, 0.2) is 51.7 Å². The Labute approximate surface area is 129 Å². The lowest BCUT2D eigenvalue weighted by Crippen LogP contribution is -2.00. The molecule has 0 radical (unpaired) electrons. The second kappa shape index (κ2) is 6.51. The largest absolute Gasteiger partial charge is 0.456 e. The van der Waals surface area contributed by atoms with Gasteiger partial charge >= 0.3 is 5.97 Å². The van der Waals surface area contributed by atoms with Crippen molar-refractivity contribution in [1.82, 2.24) is 5.16 Å². The molecule has 106 valence electrons. The second-order valence-electron chi connectivity index (χ2n) is 4.12. The molecule has 3 aromatic rings. The fraction of sp³-hybridized carbons (Fsp3) is 0.0667. The van der Waals surface area contributed by atoms with Crippen molar-refractivity contribution in [3.63, 3.8) is 0 Å². The minimum Gasteiger partial charge on any atom is -0.456 e. The maximum atomic E-state index is 11.6. The number of carbonyl (C=O) groups excluding carboxylic acids is 1. The summed E-state index contributed by atoms with van der Waals surface area (Å²) in [6, 6.07) is 9.53. The Bertz CT molecular complexity index is 727. The number of ether oxygens (including phenoxy) is 1. The summed E-state index contributed by atoms with van der Waals surface area (Å²) >= 11 is 3.13. The molecule has 4 nitrogen and oxygen atoms in total. The van der Waals surface area contributed by atoms with Gasteiger partial charge in [-0.3, -0.25) is 0 Å². The third kappa shape index (κ3) is 3.68. The van der Waals surface area contributed by atoms with Crippen molar-refractivity contribution < 1.29 is 14.1 Å². The molecule has 0 aromatic carbocycles. The number of esters is 1. The van der Waals surface area contributed by atoms with Gasteiger partial charge in [0.05, 0.1) is 4.88 Å². The van der Waals surface area contributed by atoms with E-state index in [9.17, 15) is 4.79 Å². The zero-order valence-electron chi connectivity index (χ0n) is 10.9. The Morgan fingerprint density at radius 1 is 1.29 bits per heavy atom. The van der Waals surface area contributed by atoms with Crippen LogP contribution in [0.5, 0.6) is 0 Å². The number of hydrogen-bond donors (Lipinski definition) is 0. The van der Waals surface area contributed by atoms with E-state index in [4.69, 9.17) is 9.26 Å². The molecule has 0 amide bonds. The maximum Gasteiger partial charge on any atom is 0.331 e. The van der Waals surface area contributed by atoms with Crippen molar-refractivity contribution in [1.29, 1.82) is 0 Å². The van der Waals surface area contributed by atoms with Gasteiger partial charge in [0.2, 0.25) is 0 Å². The van der Waals surface area contributed by atoms with Crippen LogP contribution < -0.4 is 0 Å². The predicted molar refractivity (Wildman–Crippen MR) is 83.0 cm³/mol. The number of aromatic nitrogens is 1. The molecular formula is C15H11NO3S2. The molecule has 0 bridgehead atoms. The van der Waals surface area contributed by atoms with Crippen molar-refractivity contribution >= 4 is 34.7 Å². The van der Waals surface area contributed by atoms with E-state index in [-0.39, 0.29) is 6.61 Å². The van der Waals surface area contributed by atoms with Crippen LogP contribution in [-0.4, -0.2) is 11.1 Å². The highest BCUT2D eigenvalue weighted by atomic mass is 32.1. The van der Waals surface area contributed by atoms with Gasteiger partial charge in [-0.15, -0.1) is 22.7 Å². The number of nitrogens with zero attached hydrogens (tertiary/aromatic N) is 1. The number of carbonyl (C=O) groups is 1. The van der Waals surface area contributed by atoms with Gasteiger partial charge in [-0.05, 0) is 29.0 Å². The Morgan fingerprint density at radius 2 is 2.14 bits per heavy atom. The normalized spacial score (nSPS) is 11.0. The van der Waals surface area contributed by atoms with E-state index in [0.29, 0.717) is 11.5 Å². The van der Waals surface area contributed by atoms with Gasteiger partial charge in [0.15, 0.2) is 5.76 Å². The van der Waals surface area contributed by atoms with Gasteiger partial charge in [0.25, 0.3) is 0 Å². The predicted octanol–water partition coefficient (Wildman–Crippen LogP) is 4.22. The van der Waals surface area contributed by atoms with Crippen LogP contribution in [0.1, 0.15) is 10.6 Å². The molecule has 0 spiro atoms. The summed E-state index contributed by atoms with van der Waals surface area (Å²) in [6.07, 6.45) is 3.14. The molecule has 0 aliphatic heterocycles. The van der Waals surface area contributed by atoms with E-state index in [0.717, 1.165) is 9.75 Å². The maximum absolute atomic E-state index is 11.6. The van der Waals surface area contributed by atoms with Crippen molar-refractivity contribution in [3.05, 3.63) is 57.7 Å². The summed E-state index contributed by atoms with van der Waals surface area (Å²) in [4.78, 5) is 13.6. The number of hydrogen-bond acceptors (Lipinski definition) is 6. The lowest BCUT2D eigenvalue weighted by molar-refractivity contribution is -0.139. The van der Waals surface area contributed by atoms with Gasteiger partial charge in [-0.2, -0.15) is 0 Å². The topological polar surface area (TPSA) is 52.3 Å². The monoisotopic (exact) mass is 317 g/mol. The SMILES string of the molecule is O=C(/C=C/c1cccs1)OCc1cc(-c2cccs2)on1. The third-order valence-corrected chi connectivity index (χ3v) is 4.33. The van der Waals surface area contributed by atoms with E-state index < -0.39 is 5.97 Å². The number of thiophene rings is 2. The van der Waals surface area contributed by atoms with Crippen LogP contribution in [0.2, 0.25) is 0 Å². The second-order valence-corrected chi connectivity index (χ2v) is 6.04. The molecule has 3 heterocycles. The highest BCUT2D eigenvalue weighted by Crippen LogP contribution is 2.25. The van der Waals surface area contributed by atoms with Gasteiger partial charge in [0, 0.05) is 17.0 Å². The van der Waals surface area contributed by atoms with Crippen molar-refractivity contribution in [3.8, 4) is 10.6 Å². The summed E-state index contributed by atoms with van der Waals surface area (Å²) in [5.41, 5.74) is 0.594. The molecule has 0 atom stereocenters. The highest BCUT2D eigenvalue weighted by Gasteiger charge is 2.08. The average molecular weight is 317 g/mol. The molecule has 21 heavy (non-hydrogen) atoms. The molecule has 3 aromatic heterocycles. The van der Waals surface area contributed by atoms with Gasteiger partial charge < -0.3 is 9.26 Å². The lowest BCUT2D eigenvalue weighted by Gasteiger charge is -1.96. The standard InChI is InChI=1S/C15H11NO3S2/c17-15(6-5-12-3-1-7-20-12)18-10-11-9-13(19-16-11)14-4-2-8-21-14/h1-9H,10H2/b6-5+. The van der Waals surface area contributed by atoms with E-state index in [2.05, 4.69) is 5.16 Å². The summed E-state index contributed by atoms with van der Waals surface area (Å²) in [5, 5.41) is 7.80. The molecule has 0 aliphatic carbocycles. The van der Waals surface area contributed by atoms with E-state index >= 15 is 0 Å². The molecule has 0 unspecified atom stereocenters. The van der Waals surface area contributed by atoms with E-state index in [1.54, 1.807) is 34.8 Å². The van der Waals surface area contributed by atoms with Crippen LogP contribution in [0.25, 0.3) is 16.7 Å². The fourth-order valence-corrected chi connectivity index (χ4v) is 2.94. The van der Waals surface area contributed by atoms with Crippen molar-refractivity contribution in [2.75, 3.05) is 0 Å². The van der Waals surface area contributed by atoms with E-state index in [1.165, 1.54) is 6.08 Å². The molecule has 6 heteroatoms. The first-order valence-corrected chi connectivity index (χ1v) is 7.95. The summed E-state index contributed by atoms with van der Waals surface area (Å²) in [5.74, 6) is 0.286. The van der Waals surface area contributed by atoms with Crippen molar-refractivity contribution in [2.24, 2.45) is 0 Å². The molecule has 0 saturated carbocycles. The first-order chi connectivity index (χ1) is 10.3. The lowest BCUT2D eigenvalue weighted by atomic mass is 10.3. The molecule has 3 rings (SSSR count). The first-order valence-electron chi connectivity index (χ1n) is 6.19. The van der Waals surface area contributed by atoms with Crippen LogP contribution in [0.4, 0.5) is 0 Å². The minimum atomic E-state index is -0.399. The number of rotatable bonds is 5. The summed E-state index contributed by atoms with van der Waals surface area (Å²) in [7, 11) is 0. The van der Waals surface area contributed by atoms with Gasteiger partial charge in [0.1, 0.15) is 12.3 Å². The Balaban J connectivity index is 1.54. The first kappa shape index (κ1) is 13.8. The zero-order valence-corrected chi connectivity index (χ0v) is 12.5. The Hall–Kier alpha value is -2.18. The Morgan fingerprint density at radius 3 is 2.90 bits per heavy atom. The molecule has 0 N–H and O–H groups in total. The molecule has 0 saturated heterocycles. The van der Waals surface area contributed by atoms with E-state index in [1.807, 2.05) is 35.0 Å². The van der Waals surface area contributed by atoms with Crippen LogP contribution in [-0.2, 0) is 16.1 Å². The van der Waals surface area contributed by atoms with Gasteiger partial charge in [-0.1, -0.05) is 17.3 Å². The van der Waals surface area contributed by atoms with Crippen molar-refractivity contribution in [2.45, 2.75) is 6.61 Å². The third-order valence-electron chi connectivity index (χ3n) is 2.61. The average Bonchev–Trinajstić information content (AvgIpc) is 3.24. The molecule has 0 aliphatic rings. The minimum absolute atomic E-state index is 0.0997. The van der Waals surface area contributed by atoms with Crippen LogP contribution in [0, 0.1) is 0 Å². The Kier molecular flexibility index (Phi) is 4.28. The quantitative estimate of drug-likeness (QED) is 0.522. The smallest absolute Gasteiger partial charge is 0.331 e. The summed E-state index contributed by atoms with van der Waals surface area (Å²) in [6.45, 7) is 0.0997. The van der Waals surface area contributed by atoms with Gasteiger partial charge in [-0.25, -0.2) is 4.79 Å². The molecule has 0 fully saturated rings. The van der Waals surface area contributed by atoms with Crippen LogP contribution in [0.3, 0.4) is 0 Å². The zero-order chi connectivity index (χ0) is 14.5. The summed E-state index contributed by atoms with van der Waals surface area (Å²) < 4.78 is 10.3.